The summed E-state index contributed by atoms with van der Waals surface area (Å²) in [5.74, 6) is 1.02. The second-order valence-electron chi connectivity index (χ2n) is 5.23. The van der Waals surface area contributed by atoms with Gasteiger partial charge in [0.15, 0.2) is 0 Å². The number of nitrogens with zero attached hydrogens (tertiary/aromatic N) is 3. The molecule has 6 nitrogen and oxygen atoms in total. The number of piperazine rings is 1. The van der Waals surface area contributed by atoms with Gasteiger partial charge in [-0.05, 0) is 19.2 Å². The molecule has 4 N–H and O–H groups in total. The molecule has 1 aliphatic rings. The van der Waals surface area contributed by atoms with E-state index in [4.69, 9.17) is 5.73 Å². The first kappa shape index (κ1) is 13.8. The molecule has 1 fully saturated rings. The summed E-state index contributed by atoms with van der Waals surface area (Å²) < 4.78 is 0. The van der Waals surface area contributed by atoms with Crippen molar-refractivity contribution in [3.8, 4) is 0 Å². The molecule has 2 aromatic rings. The Bertz CT molecular complexity index is 600. The van der Waals surface area contributed by atoms with Crippen LogP contribution in [0.2, 0.25) is 0 Å². The monoisotopic (exact) mass is 284 g/mol. The van der Waals surface area contributed by atoms with Crippen LogP contribution in [0.4, 0.5) is 17.5 Å². The number of nitrogens with one attached hydrogen (secondary N) is 2. The Hall–Kier alpha value is -2.18. The van der Waals surface area contributed by atoms with Gasteiger partial charge in [-0.25, -0.2) is 4.98 Å². The van der Waals surface area contributed by atoms with E-state index in [-0.39, 0.29) is 6.04 Å². The van der Waals surface area contributed by atoms with Crippen LogP contribution < -0.4 is 16.4 Å². The Labute approximate surface area is 124 Å². The van der Waals surface area contributed by atoms with E-state index in [0.717, 1.165) is 36.8 Å². The second kappa shape index (κ2) is 6.07. The predicted octanol–water partition coefficient (Wildman–Crippen LogP) is 1.38. The third kappa shape index (κ3) is 3.29. The van der Waals surface area contributed by atoms with Gasteiger partial charge in [-0.1, -0.05) is 18.2 Å². The maximum Gasteiger partial charge on any atom is 0.222 e. The van der Waals surface area contributed by atoms with Crippen molar-refractivity contribution < 1.29 is 0 Å². The minimum absolute atomic E-state index is 0.223. The highest BCUT2D eigenvalue weighted by Crippen LogP contribution is 2.23. The number of nitrogens with two attached hydrogens (primary N) is 1. The highest BCUT2D eigenvalue weighted by molar-refractivity contribution is 5.57. The van der Waals surface area contributed by atoms with Crippen molar-refractivity contribution in [1.29, 1.82) is 0 Å². The van der Waals surface area contributed by atoms with Crippen LogP contribution in [0.5, 0.6) is 0 Å². The lowest BCUT2D eigenvalue weighted by Crippen LogP contribution is -2.44. The lowest BCUT2D eigenvalue weighted by Gasteiger charge is -2.32. The van der Waals surface area contributed by atoms with E-state index in [0.29, 0.717) is 5.95 Å². The Morgan fingerprint density at radius 1 is 1.29 bits per heavy atom. The lowest BCUT2D eigenvalue weighted by atomic mass is 10.1. The Morgan fingerprint density at radius 3 is 2.86 bits per heavy atom. The van der Waals surface area contributed by atoms with E-state index in [1.807, 2.05) is 36.4 Å². The number of nitrogen functional groups attached to an aromatic ring is 1. The highest BCUT2D eigenvalue weighted by atomic mass is 15.2. The molecule has 0 saturated carbocycles. The first-order chi connectivity index (χ1) is 10.2. The molecule has 1 aromatic heterocycles. The third-order valence-corrected chi connectivity index (χ3v) is 3.66. The molecule has 0 amide bonds. The number of benzene rings is 1. The van der Waals surface area contributed by atoms with Crippen LogP contribution in [0, 0.1) is 0 Å². The van der Waals surface area contributed by atoms with Crippen molar-refractivity contribution in [1.82, 2.24) is 20.2 Å². The van der Waals surface area contributed by atoms with E-state index in [2.05, 4.69) is 32.5 Å². The average molecular weight is 284 g/mol. The lowest BCUT2D eigenvalue weighted by molar-refractivity contribution is 0.198. The van der Waals surface area contributed by atoms with Gasteiger partial charge in [0.05, 0.1) is 11.7 Å². The van der Waals surface area contributed by atoms with Gasteiger partial charge in [0, 0.05) is 31.4 Å². The van der Waals surface area contributed by atoms with Crippen molar-refractivity contribution in [2.45, 2.75) is 6.04 Å². The van der Waals surface area contributed by atoms with Gasteiger partial charge in [0.1, 0.15) is 5.82 Å². The first-order valence-electron chi connectivity index (χ1n) is 7.10. The zero-order valence-electron chi connectivity index (χ0n) is 12.1. The fourth-order valence-electron chi connectivity index (χ4n) is 2.53. The number of hydrogen-bond donors (Lipinski definition) is 3. The summed E-state index contributed by atoms with van der Waals surface area (Å²) in [6.45, 7) is 2.87. The number of rotatable bonds is 3. The molecule has 2 heterocycles. The minimum Gasteiger partial charge on any atom is -0.368 e. The van der Waals surface area contributed by atoms with Crippen LogP contribution in [0.3, 0.4) is 0 Å². The molecule has 0 bridgehead atoms. The normalized spacial score (nSPS) is 19.4. The summed E-state index contributed by atoms with van der Waals surface area (Å²) in [4.78, 5) is 10.9. The maximum atomic E-state index is 5.86. The summed E-state index contributed by atoms with van der Waals surface area (Å²) in [6.07, 6.45) is 0. The Kier molecular flexibility index (Phi) is 3.98. The van der Waals surface area contributed by atoms with Gasteiger partial charge < -0.3 is 16.4 Å². The van der Waals surface area contributed by atoms with E-state index in [9.17, 15) is 0 Å². The molecular formula is C15H20N6. The van der Waals surface area contributed by atoms with Crippen LogP contribution in [-0.2, 0) is 0 Å². The minimum atomic E-state index is 0.223. The molecule has 110 valence electrons. The molecule has 21 heavy (non-hydrogen) atoms. The molecule has 1 aromatic carbocycles. The van der Waals surface area contributed by atoms with Gasteiger partial charge in [-0.3, -0.25) is 4.90 Å². The molecule has 0 spiro atoms. The fourth-order valence-corrected chi connectivity index (χ4v) is 2.53. The SMILES string of the molecule is CN1CCNCC1c1cc(Nc2ccccc2)nc(N)n1. The standard InChI is InChI=1S/C15H20N6/c1-21-8-7-17-10-13(21)12-9-14(20-15(16)19-12)18-11-5-3-2-4-6-11/h2-6,9,13,17H,7-8,10H2,1H3,(H3,16,18,19,20). The highest BCUT2D eigenvalue weighted by Gasteiger charge is 2.22. The fraction of sp³-hybridized carbons (Fsp3) is 0.333. The summed E-state index contributed by atoms with van der Waals surface area (Å²) in [6, 6.07) is 12.1. The summed E-state index contributed by atoms with van der Waals surface area (Å²) in [7, 11) is 2.11. The maximum absolute atomic E-state index is 5.86. The largest absolute Gasteiger partial charge is 0.368 e. The van der Waals surface area contributed by atoms with Crippen molar-refractivity contribution in [2.24, 2.45) is 0 Å². The van der Waals surface area contributed by atoms with Crippen LogP contribution in [0.15, 0.2) is 36.4 Å². The molecule has 0 radical (unpaired) electrons. The number of para-hydroxylation sites is 1. The Morgan fingerprint density at radius 2 is 2.10 bits per heavy atom. The van der Waals surface area contributed by atoms with E-state index in [1.165, 1.54) is 0 Å². The van der Waals surface area contributed by atoms with Crippen molar-refractivity contribution >= 4 is 17.5 Å². The number of hydrogen-bond acceptors (Lipinski definition) is 6. The van der Waals surface area contributed by atoms with Crippen LogP contribution >= 0.6 is 0 Å². The zero-order chi connectivity index (χ0) is 14.7. The van der Waals surface area contributed by atoms with E-state index >= 15 is 0 Å². The second-order valence-corrected chi connectivity index (χ2v) is 5.23. The molecule has 3 rings (SSSR count). The van der Waals surface area contributed by atoms with Crippen LogP contribution in [0.25, 0.3) is 0 Å². The third-order valence-electron chi connectivity index (χ3n) is 3.66. The summed E-state index contributed by atoms with van der Waals surface area (Å²) >= 11 is 0. The van der Waals surface area contributed by atoms with Crippen LogP contribution in [-0.4, -0.2) is 41.5 Å². The molecule has 1 aliphatic heterocycles. The smallest absolute Gasteiger partial charge is 0.222 e. The van der Waals surface area contributed by atoms with Gasteiger partial charge in [-0.2, -0.15) is 4.98 Å². The first-order valence-corrected chi connectivity index (χ1v) is 7.10. The number of anilines is 3. The number of likely N-dealkylation sites (N-methyl/N-ethyl adjacent to an activating group) is 1. The summed E-state index contributed by atoms with van der Waals surface area (Å²) in [5, 5.41) is 6.66. The number of aromatic nitrogens is 2. The zero-order valence-corrected chi connectivity index (χ0v) is 12.1. The molecular weight excluding hydrogens is 264 g/mol. The van der Waals surface area contributed by atoms with Crippen LogP contribution in [0.1, 0.15) is 11.7 Å². The molecule has 0 aliphatic carbocycles. The Balaban J connectivity index is 1.85. The quantitative estimate of drug-likeness (QED) is 0.790. The topological polar surface area (TPSA) is 79.1 Å². The predicted molar refractivity (Wildman–Crippen MR) is 84.4 cm³/mol. The molecule has 6 heteroatoms. The molecule has 1 saturated heterocycles. The average Bonchev–Trinajstić information content (AvgIpc) is 2.48. The van der Waals surface area contributed by atoms with Gasteiger partial charge in [-0.15, -0.1) is 0 Å². The van der Waals surface area contributed by atoms with Crippen molar-refractivity contribution in [3.63, 3.8) is 0 Å². The van der Waals surface area contributed by atoms with E-state index in [1.54, 1.807) is 0 Å². The molecule has 1 atom stereocenters. The van der Waals surface area contributed by atoms with Gasteiger partial charge in [0.2, 0.25) is 5.95 Å². The molecule has 1 unspecified atom stereocenters. The van der Waals surface area contributed by atoms with Gasteiger partial charge in [0.25, 0.3) is 0 Å². The van der Waals surface area contributed by atoms with Crippen molar-refractivity contribution in [3.05, 3.63) is 42.1 Å². The summed E-state index contributed by atoms with van der Waals surface area (Å²) in [5.41, 5.74) is 7.79. The van der Waals surface area contributed by atoms with Crippen molar-refractivity contribution in [2.75, 3.05) is 37.7 Å². The van der Waals surface area contributed by atoms with Gasteiger partial charge >= 0.3 is 0 Å². The van der Waals surface area contributed by atoms with E-state index < -0.39 is 0 Å².